The summed E-state index contributed by atoms with van der Waals surface area (Å²) in [5.41, 5.74) is 1.38. The Bertz CT molecular complexity index is 763. The fourth-order valence-electron chi connectivity index (χ4n) is 2.34. The molecule has 0 aliphatic carbocycles. The molecule has 0 atom stereocenters. The van der Waals surface area contributed by atoms with Gasteiger partial charge in [0.25, 0.3) is 11.6 Å². The van der Waals surface area contributed by atoms with Gasteiger partial charge in [-0.15, -0.1) is 0 Å². The Balaban J connectivity index is 1.54. The summed E-state index contributed by atoms with van der Waals surface area (Å²) in [4.78, 5) is 33.7. The number of non-ortho nitro benzene ring substituents is 1. The molecule has 8 heteroatoms. The number of anilines is 1. The number of nitrogens with zero attached hydrogens (tertiary/aromatic N) is 1. The van der Waals surface area contributed by atoms with Crippen molar-refractivity contribution >= 4 is 23.2 Å². The van der Waals surface area contributed by atoms with E-state index < -0.39 is 4.92 Å². The summed E-state index contributed by atoms with van der Waals surface area (Å²) in [6, 6.07) is 15.0. The Morgan fingerprint density at radius 3 is 2.26 bits per heavy atom. The average Bonchev–Trinajstić information content (AvgIpc) is 2.69. The van der Waals surface area contributed by atoms with Crippen LogP contribution in [-0.2, 0) is 4.79 Å². The van der Waals surface area contributed by atoms with Gasteiger partial charge in [-0.2, -0.15) is 0 Å². The summed E-state index contributed by atoms with van der Waals surface area (Å²) in [6.45, 7) is 1.38. The zero-order valence-corrected chi connectivity index (χ0v) is 14.8. The molecule has 0 aliphatic heterocycles. The highest BCUT2D eigenvalue weighted by Crippen LogP contribution is 2.14. The van der Waals surface area contributed by atoms with Crippen LogP contribution in [0.4, 0.5) is 11.4 Å². The maximum atomic E-state index is 11.8. The predicted molar refractivity (Wildman–Crippen MR) is 103 cm³/mol. The summed E-state index contributed by atoms with van der Waals surface area (Å²) < 4.78 is 0. The van der Waals surface area contributed by atoms with Crippen molar-refractivity contribution in [3.63, 3.8) is 0 Å². The SMILES string of the molecule is O=C(CCCNC(=O)c1ccccc1)NCCNc1ccc([N+](=O)[O-])cc1. The highest BCUT2D eigenvalue weighted by Gasteiger charge is 2.05. The number of nitro benzene ring substituents is 1. The molecule has 8 nitrogen and oxygen atoms in total. The van der Waals surface area contributed by atoms with Gasteiger partial charge < -0.3 is 16.0 Å². The third-order valence-electron chi connectivity index (χ3n) is 3.76. The van der Waals surface area contributed by atoms with E-state index in [4.69, 9.17) is 0 Å². The smallest absolute Gasteiger partial charge is 0.269 e. The number of benzene rings is 2. The fourth-order valence-corrected chi connectivity index (χ4v) is 2.34. The van der Waals surface area contributed by atoms with E-state index in [0.717, 1.165) is 5.69 Å². The molecule has 0 unspecified atom stereocenters. The number of carbonyl (C=O) groups is 2. The number of rotatable bonds is 10. The quantitative estimate of drug-likeness (QED) is 0.337. The molecule has 2 aromatic rings. The lowest BCUT2D eigenvalue weighted by Crippen LogP contribution is -2.30. The third-order valence-corrected chi connectivity index (χ3v) is 3.76. The highest BCUT2D eigenvalue weighted by molar-refractivity contribution is 5.94. The van der Waals surface area contributed by atoms with Crippen LogP contribution in [0.1, 0.15) is 23.2 Å². The maximum Gasteiger partial charge on any atom is 0.269 e. The second kappa shape index (κ2) is 10.5. The van der Waals surface area contributed by atoms with E-state index in [1.807, 2.05) is 6.07 Å². The Morgan fingerprint density at radius 2 is 1.59 bits per heavy atom. The first-order valence-corrected chi connectivity index (χ1v) is 8.64. The van der Waals surface area contributed by atoms with Crippen molar-refractivity contribution in [2.75, 3.05) is 25.0 Å². The molecule has 27 heavy (non-hydrogen) atoms. The van der Waals surface area contributed by atoms with Crippen molar-refractivity contribution in [3.05, 3.63) is 70.3 Å². The lowest BCUT2D eigenvalue weighted by Gasteiger charge is -2.08. The minimum absolute atomic E-state index is 0.0354. The third kappa shape index (κ3) is 7.15. The van der Waals surface area contributed by atoms with E-state index in [0.29, 0.717) is 38.0 Å². The lowest BCUT2D eigenvalue weighted by molar-refractivity contribution is -0.384. The van der Waals surface area contributed by atoms with Gasteiger partial charge in [0, 0.05) is 49.4 Å². The molecule has 0 spiro atoms. The molecule has 0 aliphatic rings. The first-order valence-electron chi connectivity index (χ1n) is 8.64. The van der Waals surface area contributed by atoms with Crippen LogP contribution in [0.2, 0.25) is 0 Å². The van der Waals surface area contributed by atoms with Crippen LogP contribution in [0.25, 0.3) is 0 Å². The van der Waals surface area contributed by atoms with Crippen molar-refractivity contribution in [1.29, 1.82) is 0 Å². The molecule has 3 N–H and O–H groups in total. The van der Waals surface area contributed by atoms with Crippen LogP contribution < -0.4 is 16.0 Å². The van der Waals surface area contributed by atoms with Crippen molar-refractivity contribution < 1.29 is 14.5 Å². The molecule has 0 fully saturated rings. The van der Waals surface area contributed by atoms with Gasteiger partial charge >= 0.3 is 0 Å². The minimum atomic E-state index is -0.452. The van der Waals surface area contributed by atoms with Crippen LogP contribution in [0, 0.1) is 10.1 Å². The predicted octanol–water partition coefficient (Wildman–Crippen LogP) is 2.33. The maximum absolute atomic E-state index is 11.8. The molecule has 0 saturated heterocycles. The lowest BCUT2D eigenvalue weighted by atomic mass is 10.2. The molecule has 0 saturated carbocycles. The summed E-state index contributed by atoms with van der Waals surface area (Å²) in [7, 11) is 0. The summed E-state index contributed by atoms with van der Waals surface area (Å²) in [5, 5.41) is 19.2. The second-order valence-electron chi connectivity index (χ2n) is 5.81. The van der Waals surface area contributed by atoms with Crippen molar-refractivity contribution in [1.82, 2.24) is 10.6 Å². The van der Waals surface area contributed by atoms with Crippen LogP contribution in [0.15, 0.2) is 54.6 Å². The van der Waals surface area contributed by atoms with Gasteiger partial charge in [-0.3, -0.25) is 19.7 Å². The average molecular weight is 370 g/mol. The van der Waals surface area contributed by atoms with Crippen LogP contribution >= 0.6 is 0 Å². The Morgan fingerprint density at radius 1 is 0.889 bits per heavy atom. The zero-order chi connectivity index (χ0) is 19.5. The number of hydrogen-bond donors (Lipinski definition) is 3. The van der Waals surface area contributed by atoms with E-state index in [-0.39, 0.29) is 17.5 Å². The molecule has 2 aromatic carbocycles. The van der Waals surface area contributed by atoms with Crippen LogP contribution in [0.3, 0.4) is 0 Å². The van der Waals surface area contributed by atoms with Gasteiger partial charge in [0.1, 0.15) is 0 Å². The van der Waals surface area contributed by atoms with Gasteiger partial charge in [-0.05, 0) is 30.7 Å². The molecular formula is C19H22N4O4. The van der Waals surface area contributed by atoms with E-state index in [1.165, 1.54) is 12.1 Å². The Hall–Kier alpha value is -3.42. The van der Waals surface area contributed by atoms with Gasteiger partial charge in [0.05, 0.1) is 4.92 Å². The Kier molecular flexibility index (Phi) is 7.77. The topological polar surface area (TPSA) is 113 Å². The first kappa shape index (κ1) is 19.9. The summed E-state index contributed by atoms with van der Waals surface area (Å²) in [5.74, 6) is -0.238. The molecule has 142 valence electrons. The monoisotopic (exact) mass is 370 g/mol. The molecule has 2 amide bonds. The molecule has 0 radical (unpaired) electrons. The van der Waals surface area contributed by atoms with E-state index in [1.54, 1.807) is 36.4 Å². The normalized spacial score (nSPS) is 10.1. The Labute approximate surface area is 157 Å². The van der Waals surface area contributed by atoms with Crippen LogP contribution in [0.5, 0.6) is 0 Å². The largest absolute Gasteiger partial charge is 0.383 e. The standard InChI is InChI=1S/C19H22N4O4/c24-18(7-4-12-22-19(25)15-5-2-1-3-6-15)21-14-13-20-16-8-10-17(11-9-16)23(26)27/h1-3,5-6,8-11,20H,4,7,12-14H2,(H,21,24)(H,22,25). The van der Waals surface area contributed by atoms with Crippen molar-refractivity contribution in [2.45, 2.75) is 12.8 Å². The highest BCUT2D eigenvalue weighted by atomic mass is 16.6. The van der Waals surface area contributed by atoms with Crippen LogP contribution in [-0.4, -0.2) is 36.4 Å². The fraction of sp³-hybridized carbons (Fsp3) is 0.263. The number of amides is 2. The van der Waals surface area contributed by atoms with Gasteiger partial charge in [0.15, 0.2) is 0 Å². The van der Waals surface area contributed by atoms with E-state index in [9.17, 15) is 19.7 Å². The molecular weight excluding hydrogens is 348 g/mol. The number of nitro groups is 1. The molecule has 2 rings (SSSR count). The number of hydrogen-bond acceptors (Lipinski definition) is 5. The van der Waals surface area contributed by atoms with Gasteiger partial charge in [-0.1, -0.05) is 18.2 Å². The van der Waals surface area contributed by atoms with E-state index >= 15 is 0 Å². The van der Waals surface area contributed by atoms with Gasteiger partial charge in [-0.25, -0.2) is 0 Å². The molecule has 0 heterocycles. The van der Waals surface area contributed by atoms with Gasteiger partial charge in [0.2, 0.25) is 5.91 Å². The summed E-state index contributed by atoms with van der Waals surface area (Å²) >= 11 is 0. The first-order chi connectivity index (χ1) is 13.1. The van der Waals surface area contributed by atoms with Crippen molar-refractivity contribution in [3.8, 4) is 0 Å². The number of nitrogens with one attached hydrogen (secondary N) is 3. The van der Waals surface area contributed by atoms with Crippen molar-refractivity contribution in [2.24, 2.45) is 0 Å². The summed E-state index contributed by atoms with van der Waals surface area (Å²) in [6.07, 6.45) is 0.882. The molecule has 0 bridgehead atoms. The second-order valence-corrected chi connectivity index (χ2v) is 5.81. The zero-order valence-electron chi connectivity index (χ0n) is 14.8. The van der Waals surface area contributed by atoms with E-state index in [2.05, 4.69) is 16.0 Å². The number of carbonyl (C=O) groups excluding carboxylic acids is 2. The minimum Gasteiger partial charge on any atom is -0.383 e. The molecule has 0 aromatic heterocycles.